The first-order valence-corrected chi connectivity index (χ1v) is 7.89. The third-order valence-electron chi connectivity index (χ3n) is 3.88. The molecule has 1 N–H and O–H groups in total. The van der Waals surface area contributed by atoms with Crippen LogP contribution in [0.3, 0.4) is 0 Å². The number of ether oxygens (including phenoxy) is 1. The van der Waals surface area contributed by atoms with E-state index in [-0.39, 0.29) is 6.42 Å². The SMILES string of the molecule is CC(C)(C)OC(=O)N1CC(=O)CC1(C(=O)O)C(=O)Cc1ccccc1. The van der Waals surface area contributed by atoms with Crippen molar-refractivity contribution in [1.82, 2.24) is 4.90 Å². The Kier molecular flexibility index (Phi) is 4.97. The lowest BCUT2D eigenvalue weighted by Gasteiger charge is -2.33. The van der Waals surface area contributed by atoms with E-state index in [0.717, 1.165) is 4.90 Å². The molecule has 1 atom stereocenters. The molecule has 0 spiro atoms. The van der Waals surface area contributed by atoms with Crippen molar-refractivity contribution in [2.45, 2.75) is 44.8 Å². The molecule has 134 valence electrons. The number of carbonyl (C=O) groups excluding carboxylic acids is 3. The van der Waals surface area contributed by atoms with Crippen molar-refractivity contribution >= 4 is 23.6 Å². The summed E-state index contributed by atoms with van der Waals surface area (Å²) < 4.78 is 5.20. The maximum absolute atomic E-state index is 12.8. The average molecular weight is 347 g/mol. The Morgan fingerprint density at radius 3 is 2.32 bits per heavy atom. The highest BCUT2D eigenvalue weighted by molar-refractivity contribution is 6.16. The minimum atomic E-state index is -2.23. The van der Waals surface area contributed by atoms with E-state index in [0.29, 0.717) is 5.56 Å². The van der Waals surface area contributed by atoms with Gasteiger partial charge in [-0.25, -0.2) is 9.59 Å². The van der Waals surface area contributed by atoms with Gasteiger partial charge in [0.25, 0.3) is 0 Å². The van der Waals surface area contributed by atoms with E-state index >= 15 is 0 Å². The summed E-state index contributed by atoms with van der Waals surface area (Å²) in [6.07, 6.45) is -1.73. The number of carboxylic acid groups (broad SMARTS) is 1. The minimum Gasteiger partial charge on any atom is -0.479 e. The predicted octanol–water partition coefficient (Wildman–Crippen LogP) is 1.83. The number of Topliss-reactive ketones (excluding diaryl/α,β-unsaturated/α-hetero) is 2. The number of nitrogens with zero attached hydrogens (tertiary/aromatic N) is 1. The molecule has 0 aliphatic carbocycles. The molecular weight excluding hydrogens is 326 g/mol. The van der Waals surface area contributed by atoms with Crippen LogP contribution in [0.5, 0.6) is 0 Å². The van der Waals surface area contributed by atoms with Crippen molar-refractivity contribution in [2.24, 2.45) is 0 Å². The Morgan fingerprint density at radius 1 is 1.20 bits per heavy atom. The Morgan fingerprint density at radius 2 is 1.80 bits per heavy atom. The summed E-state index contributed by atoms with van der Waals surface area (Å²) in [6, 6.07) is 8.58. The van der Waals surface area contributed by atoms with E-state index in [1.165, 1.54) is 0 Å². The molecule has 1 aliphatic rings. The van der Waals surface area contributed by atoms with E-state index in [2.05, 4.69) is 0 Å². The van der Waals surface area contributed by atoms with Crippen LogP contribution in [0.15, 0.2) is 30.3 Å². The zero-order chi connectivity index (χ0) is 18.8. The normalized spacial score (nSPS) is 20.4. The van der Waals surface area contributed by atoms with Gasteiger partial charge < -0.3 is 9.84 Å². The fourth-order valence-corrected chi connectivity index (χ4v) is 2.77. The summed E-state index contributed by atoms with van der Waals surface area (Å²) >= 11 is 0. The van der Waals surface area contributed by atoms with Crippen LogP contribution in [-0.4, -0.2) is 51.3 Å². The van der Waals surface area contributed by atoms with Crippen LogP contribution in [0.2, 0.25) is 0 Å². The number of ketones is 2. The first kappa shape index (κ1) is 18.6. The Balaban J connectivity index is 2.37. The summed E-state index contributed by atoms with van der Waals surface area (Å²) in [5.41, 5.74) is -2.50. The fraction of sp³-hybridized carbons (Fsp3) is 0.444. The number of hydrogen-bond donors (Lipinski definition) is 1. The summed E-state index contributed by atoms with van der Waals surface area (Å²) in [5, 5.41) is 9.73. The van der Waals surface area contributed by atoms with Crippen molar-refractivity contribution < 1.29 is 29.0 Å². The summed E-state index contributed by atoms with van der Waals surface area (Å²) in [6.45, 7) is 4.41. The molecule has 1 unspecified atom stereocenters. The van der Waals surface area contributed by atoms with Crippen molar-refractivity contribution in [1.29, 1.82) is 0 Å². The Bertz CT molecular complexity index is 706. The smallest absolute Gasteiger partial charge is 0.412 e. The van der Waals surface area contributed by atoms with E-state index in [1.54, 1.807) is 51.1 Å². The van der Waals surface area contributed by atoms with Crippen LogP contribution in [-0.2, 0) is 25.5 Å². The van der Waals surface area contributed by atoms with Crippen LogP contribution in [0, 0.1) is 0 Å². The summed E-state index contributed by atoms with van der Waals surface area (Å²) in [7, 11) is 0. The number of rotatable bonds is 4. The highest BCUT2D eigenvalue weighted by atomic mass is 16.6. The van der Waals surface area contributed by atoms with Gasteiger partial charge in [-0.2, -0.15) is 0 Å². The zero-order valence-electron chi connectivity index (χ0n) is 14.4. The number of benzene rings is 1. The number of amides is 1. The molecule has 0 aromatic heterocycles. The lowest BCUT2D eigenvalue weighted by atomic mass is 9.87. The Hall–Kier alpha value is -2.70. The van der Waals surface area contributed by atoms with Crippen molar-refractivity contribution in [3.05, 3.63) is 35.9 Å². The van der Waals surface area contributed by atoms with Gasteiger partial charge in [0, 0.05) is 12.8 Å². The van der Waals surface area contributed by atoms with Crippen molar-refractivity contribution in [3.63, 3.8) is 0 Å². The van der Waals surface area contributed by atoms with Gasteiger partial charge in [-0.1, -0.05) is 30.3 Å². The van der Waals surface area contributed by atoms with Crippen LogP contribution in [0.25, 0.3) is 0 Å². The largest absolute Gasteiger partial charge is 0.479 e. The van der Waals surface area contributed by atoms with Gasteiger partial charge >= 0.3 is 12.1 Å². The van der Waals surface area contributed by atoms with Crippen molar-refractivity contribution in [2.75, 3.05) is 6.54 Å². The van der Waals surface area contributed by atoms with Crippen molar-refractivity contribution in [3.8, 4) is 0 Å². The van der Waals surface area contributed by atoms with E-state index in [4.69, 9.17) is 4.74 Å². The van der Waals surface area contributed by atoms with E-state index < -0.39 is 47.7 Å². The maximum Gasteiger partial charge on any atom is 0.412 e. The number of carbonyl (C=O) groups is 4. The third kappa shape index (κ3) is 3.87. The van der Waals surface area contributed by atoms with Gasteiger partial charge in [-0.15, -0.1) is 0 Å². The lowest BCUT2D eigenvalue weighted by Crippen LogP contribution is -2.59. The van der Waals surface area contributed by atoms with Gasteiger partial charge in [0.05, 0.1) is 6.54 Å². The van der Waals surface area contributed by atoms with Gasteiger partial charge in [0.1, 0.15) is 5.60 Å². The second-order valence-electron chi connectivity index (χ2n) is 7.03. The number of carboxylic acids is 1. The predicted molar refractivity (Wildman–Crippen MR) is 88.1 cm³/mol. The van der Waals surface area contributed by atoms with E-state index in [1.807, 2.05) is 0 Å². The molecular formula is C18H21NO6. The van der Waals surface area contributed by atoms with Gasteiger partial charge in [0.15, 0.2) is 11.6 Å². The van der Waals surface area contributed by atoms with Gasteiger partial charge in [-0.05, 0) is 26.3 Å². The average Bonchev–Trinajstić information content (AvgIpc) is 2.85. The quantitative estimate of drug-likeness (QED) is 0.834. The second kappa shape index (κ2) is 6.66. The molecule has 1 aromatic carbocycles. The molecule has 1 fully saturated rings. The summed E-state index contributed by atoms with van der Waals surface area (Å²) in [5.74, 6) is -2.73. The number of hydrogen-bond acceptors (Lipinski definition) is 5. The molecule has 0 radical (unpaired) electrons. The highest BCUT2D eigenvalue weighted by Crippen LogP contribution is 2.32. The van der Waals surface area contributed by atoms with Gasteiger partial charge in [-0.3, -0.25) is 14.5 Å². The molecule has 2 rings (SSSR count). The third-order valence-corrected chi connectivity index (χ3v) is 3.88. The van der Waals surface area contributed by atoms with Crippen LogP contribution >= 0.6 is 0 Å². The minimum absolute atomic E-state index is 0.195. The molecule has 7 nitrogen and oxygen atoms in total. The standard InChI is InChI=1S/C18H21NO6/c1-17(2,3)25-16(24)19-11-13(20)10-18(19,15(22)23)14(21)9-12-7-5-4-6-8-12/h4-8H,9-11H2,1-3H3,(H,22,23). The highest BCUT2D eigenvalue weighted by Gasteiger charge is 2.59. The molecule has 1 aliphatic heterocycles. The van der Waals surface area contributed by atoms with Crippen LogP contribution in [0.1, 0.15) is 32.8 Å². The Labute approximate surface area is 145 Å². The molecule has 0 saturated carbocycles. The zero-order valence-corrected chi connectivity index (χ0v) is 14.4. The van der Waals surface area contributed by atoms with E-state index in [9.17, 15) is 24.3 Å². The topological polar surface area (TPSA) is 101 Å². The molecule has 1 heterocycles. The fourth-order valence-electron chi connectivity index (χ4n) is 2.77. The molecule has 1 amide bonds. The monoisotopic (exact) mass is 347 g/mol. The number of likely N-dealkylation sites (tertiary alicyclic amines) is 1. The molecule has 7 heteroatoms. The molecule has 0 bridgehead atoms. The molecule has 25 heavy (non-hydrogen) atoms. The van der Waals surface area contributed by atoms with Crippen LogP contribution < -0.4 is 0 Å². The first-order valence-electron chi connectivity index (χ1n) is 7.89. The lowest BCUT2D eigenvalue weighted by molar-refractivity contribution is -0.155. The summed E-state index contributed by atoms with van der Waals surface area (Å²) in [4.78, 5) is 49.9. The first-order chi connectivity index (χ1) is 11.6. The second-order valence-corrected chi connectivity index (χ2v) is 7.03. The molecule has 1 saturated heterocycles. The maximum atomic E-state index is 12.8. The molecule has 1 aromatic rings. The van der Waals surface area contributed by atoms with Crippen LogP contribution in [0.4, 0.5) is 4.79 Å². The number of aliphatic carboxylic acids is 1. The van der Waals surface area contributed by atoms with Gasteiger partial charge in [0.2, 0.25) is 5.54 Å².